The van der Waals surface area contributed by atoms with Crippen molar-refractivity contribution >= 4 is 40.1 Å². The van der Waals surface area contributed by atoms with Crippen LogP contribution in [0.2, 0.25) is 0 Å². The summed E-state index contributed by atoms with van der Waals surface area (Å²) >= 11 is 0. The van der Waals surface area contributed by atoms with Crippen LogP contribution in [0.15, 0.2) is 42.9 Å². The molecule has 4 rings (SSSR count). The molecule has 31 heavy (non-hydrogen) atoms. The van der Waals surface area contributed by atoms with Crippen LogP contribution in [-0.2, 0) is 4.74 Å². The van der Waals surface area contributed by atoms with Crippen molar-refractivity contribution in [3.63, 3.8) is 0 Å². The van der Waals surface area contributed by atoms with Gasteiger partial charge in [-0.05, 0) is 23.8 Å². The van der Waals surface area contributed by atoms with E-state index in [0.717, 1.165) is 46.6 Å². The van der Waals surface area contributed by atoms with E-state index in [-0.39, 0.29) is 0 Å². The standard InChI is InChI=1S/C22H25N7O2/c1-24-13-17(12-23)15-3-4-18(19(11-15)30-2)27-22-26-14-16-5-6-25-21(20(16)28-22)29-7-9-31-10-8-29/h3-6,11-14,23-24H,7-10H2,1-2H3,(H,26,27,28)/b17-13+,23-12?. The fourth-order valence-electron chi connectivity index (χ4n) is 3.47. The number of nitrogens with zero attached hydrogens (tertiary/aromatic N) is 4. The summed E-state index contributed by atoms with van der Waals surface area (Å²) in [5, 5.41) is 14.7. The molecule has 0 atom stereocenters. The lowest BCUT2D eigenvalue weighted by molar-refractivity contribution is 0.122. The van der Waals surface area contributed by atoms with Crippen molar-refractivity contribution < 1.29 is 9.47 Å². The van der Waals surface area contributed by atoms with Gasteiger partial charge in [0.1, 0.15) is 11.3 Å². The largest absolute Gasteiger partial charge is 0.495 e. The van der Waals surface area contributed by atoms with Gasteiger partial charge in [0.05, 0.1) is 26.0 Å². The van der Waals surface area contributed by atoms with Crippen molar-refractivity contribution in [3.05, 3.63) is 48.4 Å². The lowest BCUT2D eigenvalue weighted by Crippen LogP contribution is -2.37. The highest BCUT2D eigenvalue weighted by atomic mass is 16.5. The summed E-state index contributed by atoms with van der Waals surface area (Å²) in [6.45, 7) is 2.92. The van der Waals surface area contributed by atoms with E-state index in [9.17, 15) is 0 Å². The van der Waals surface area contributed by atoms with Crippen LogP contribution < -0.4 is 20.3 Å². The Morgan fingerprint density at radius 3 is 2.81 bits per heavy atom. The van der Waals surface area contributed by atoms with Crippen molar-refractivity contribution in [1.29, 1.82) is 5.41 Å². The average molecular weight is 419 g/mol. The molecule has 1 fully saturated rings. The number of allylic oxidation sites excluding steroid dienone is 1. The quantitative estimate of drug-likeness (QED) is 0.502. The molecule has 3 N–H and O–H groups in total. The molecule has 0 unspecified atom stereocenters. The Labute approximate surface area is 180 Å². The van der Waals surface area contributed by atoms with Gasteiger partial charge >= 0.3 is 0 Å². The van der Waals surface area contributed by atoms with Crippen LogP contribution in [-0.4, -0.2) is 61.6 Å². The van der Waals surface area contributed by atoms with Crippen molar-refractivity contribution in [3.8, 4) is 5.75 Å². The van der Waals surface area contributed by atoms with Crippen LogP contribution >= 0.6 is 0 Å². The molecule has 9 heteroatoms. The van der Waals surface area contributed by atoms with Gasteiger partial charge in [-0.15, -0.1) is 0 Å². The van der Waals surface area contributed by atoms with Gasteiger partial charge in [-0.25, -0.2) is 15.0 Å². The summed E-state index contributed by atoms with van der Waals surface area (Å²) < 4.78 is 11.0. The normalized spacial score (nSPS) is 14.4. The van der Waals surface area contributed by atoms with Crippen molar-refractivity contribution in [2.24, 2.45) is 0 Å². The number of rotatable bonds is 7. The Balaban J connectivity index is 1.66. The number of pyridine rings is 1. The first kappa shape index (κ1) is 20.5. The summed E-state index contributed by atoms with van der Waals surface area (Å²) in [6, 6.07) is 7.59. The number of methoxy groups -OCH3 is 1. The molecule has 1 aliphatic heterocycles. The van der Waals surface area contributed by atoms with Gasteiger partial charge in [0.2, 0.25) is 5.95 Å². The molecule has 160 valence electrons. The molecule has 1 aromatic carbocycles. The maximum atomic E-state index is 7.62. The van der Waals surface area contributed by atoms with Gasteiger partial charge in [0.25, 0.3) is 0 Å². The third kappa shape index (κ3) is 4.41. The molecule has 0 radical (unpaired) electrons. The number of morpholine rings is 1. The lowest BCUT2D eigenvalue weighted by atomic mass is 10.1. The number of hydrogen-bond acceptors (Lipinski definition) is 9. The highest BCUT2D eigenvalue weighted by Crippen LogP contribution is 2.31. The lowest BCUT2D eigenvalue weighted by Gasteiger charge is -2.28. The van der Waals surface area contributed by atoms with Gasteiger partial charge in [0.15, 0.2) is 5.82 Å². The summed E-state index contributed by atoms with van der Waals surface area (Å²) in [7, 11) is 3.41. The highest BCUT2D eigenvalue weighted by molar-refractivity contribution is 6.08. The number of anilines is 3. The van der Waals surface area contributed by atoms with E-state index in [4.69, 9.17) is 19.9 Å². The second kappa shape index (κ2) is 9.40. The summed E-state index contributed by atoms with van der Waals surface area (Å²) in [5.74, 6) is 1.92. The molecule has 0 spiro atoms. The molecule has 3 heterocycles. The Kier molecular flexibility index (Phi) is 6.23. The Bertz CT molecular complexity index is 1110. The second-order valence-corrected chi connectivity index (χ2v) is 6.94. The zero-order valence-corrected chi connectivity index (χ0v) is 17.6. The molecule has 0 bridgehead atoms. The van der Waals surface area contributed by atoms with Crippen molar-refractivity contribution in [2.75, 3.05) is 50.7 Å². The van der Waals surface area contributed by atoms with E-state index in [0.29, 0.717) is 24.9 Å². The van der Waals surface area contributed by atoms with Gasteiger partial charge < -0.3 is 30.4 Å². The minimum Gasteiger partial charge on any atom is -0.495 e. The van der Waals surface area contributed by atoms with Crippen LogP contribution in [0.4, 0.5) is 17.5 Å². The Morgan fingerprint density at radius 1 is 1.23 bits per heavy atom. The van der Waals surface area contributed by atoms with E-state index >= 15 is 0 Å². The van der Waals surface area contributed by atoms with Gasteiger partial charge in [-0.2, -0.15) is 0 Å². The molecule has 9 nitrogen and oxygen atoms in total. The van der Waals surface area contributed by atoms with Gasteiger partial charge in [0, 0.05) is 55.9 Å². The third-order valence-electron chi connectivity index (χ3n) is 5.03. The second-order valence-electron chi connectivity index (χ2n) is 6.94. The molecule has 0 saturated carbocycles. The maximum Gasteiger partial charge on any atom is 0.227 e. The van der Waals surface area contributed by atoms with E-state index in [1.54, 1.807) is 32.8 Å². The zero-order valence-electron chi connectivity index (χ0n) is 17.6. The van der Waals surface area contributed by atoms with E-state index in [1.807, 2.05) is 24.3 Å². The fourth-order valence-corrected chi connectivity index (χ4v) is 3.47. The third-order valence-corrected chi connectivity index (χ3v) is 5.03. The molecule has 2 aromatic heterocycles. The summed E-state index contributed by atoms with van der Waals surface area (Å²) in [5.41, 5.74) is 3.14. The van der Waals surface area contributed by atoms with Crippen LogP contribution in [0.5, 0.6) is 5.75 Å². The minimum atomic E-state index is 0.458. The van der Waals surface area contributed by atoms with E-state index in [2.05, 4.69) is 25.5 Å². The molecule has 1 aliphatic rings. The first-order valence-corrected chi connectivity index (χ1v) is 10.0. The number of fused-ring (bicyclic) bond motifs is 1. The molecular formula is C22H25N7O2. The monoisotopic (exact) mass is 419 g/mol. The average Bonchev–Trinajstić information content (AvgIpc) is 2.83. The van der Waals surface area contributed by atoms with Crippen molar-refractivity contribution in [2.45, 2.75) is 0 Å². The molecule has 1 saturated heterocycles. The first-order chi connectivity index (χ1) is 15.2. The van der Waals surface area contributed by atoms with Crippen molar-refractivity contribution in [1.82, 2.24) is 20.3 Å². The topological polar surface area (TPSA) is 108 Å². The minimum absolute atomic E-state index is 0.458. The highest BCUT2D eigenvalue weighted by Gasteiger charge is 2.17. The number of nitrogens with one attached hydrogen (secondary N) is 3. The summed E-state index contributed by atoms with van der Waals surface area (Å²) in [6.07, 6.45) is 6.64. The number of benzene rings is 1. The smallest absolute Gasteiger partial charge is 0.227 e. The number of hydrogen-bond donors (Lipinski definition) is 3. The van der Waals surface area contributed by atoms with Crippen LogP contribution in [0, 0.1) is 5.41 Å². The fraction of sp³-hybridized carbons (Fsp3) is 0.273. The predicted molar refractivity (Wildman–Crippen MR) is 122 cm³/mol. The van der Waals surface area contributed by atoms with E-state index < -0.39 is 0 Å². The molecule has 3 aromatic rings. The maximum absolute atomic E-state index is 7.62. The number of ether oxygens (including phenoxy) is 2. The predicted octanol–water partition coefficient (Wildman–Crippen LogP) is 2.82. The SMILES string of the molecule is CN/C=C(\C=N)c1ccc(Nc2ncc3ccnc(N4CCOCC4)c3n2)c(OC)c1. The molecule has 0 amide bonds. The van der Waals surface area contributed by atoms with Gasteiger partial charge in [-0.1, -0.05) is 6.07 Å². The zero-order chi connectivity index (χ0) is 21.6. The Hall–Kier alpha value is -3.72. The van der Waals surface area contributed by atoms with Gasteiger partial charge in [-0.3, -0.25) is 0 Å². The van der Waals surface area contributed by atoms with E-state index in [1.165, 1.54) is 6.21 Å². The van der Waals surface area contributed by atoms with Crippen LogP contribution in [0.25, 0.3) is 16.5 Å². The van der Waals surface area contributed by atoms with Crippen LogP contribution in [0.1, 0.15) is 5.56 Å². The first-order valence-electron chi connectivity index (χ1n) is 10.0. The Morgan fingerprint density at radius 2 is 2.06 bits per heavy atom. The summed E-state index contributed by atoms with van der Waals surface area (Å²) in [4.78, 5) is 16.0. The molecular weight excluding hydrogens is 394 g/mol. The number of aromatic nitrogens is 3. The molecule has 0 aliphatic carbocycles. The van der Waals surface area contributed by atoms with Crippen LogP contribution in [0.3, 0.4) is 0 Å².